The van der Waals surface area contributed by atoms with Gasteiger partial charge in [0.25, 0.3) is 0 Å². The second-order valence-electron chi connectivity index (χ2n) is 5.89. The minimum atomic E-state index is -0.262. The summed E-state index contributed by atoms with van der Waals surface area (Å²) in [5.41, 5.74) is 0.602. The Labute approximate surface area is 121 Å². The lowest BCUT2D eigenvalue weighted by molar-refractivity contribution is -0.145. The van der Waals surface area contributed by atoms with Gasteiger partial charge in [0.2, 0.25) is 5.91 Å². The van der Waals surface area contributed by atoms with Crippen molar-refractivity contribution in [3.63, 3.8) is 0 Å². The molecule has 104 valence electrons. The van der Waals surface area contributed by atoms with E-state index in [4.69, 9.17) is 16.3 Å². The Morgan fingerprint density at radius 2 is 2.10 bits per heavy atom. The van der Waals surface area contributed by atoms with Crippen LogP contribution in [-0.4, -0.2) is 18.0 Å². The Hall–Kier alpha value is -1.55. The molecular weight excluding hydrogens is 278 g/mol. The second-order valence-corrected chi connectivity index (χ2v) is 6.30. The van der Waals surface area contributed by atoms with Crippen molar-refractivity contribution in [2.45, 2.75) is 18.9 Å². The number of rotatable bonds is 2. The van der Waals surface area contributed by atoms with E-state index in [0.717, 1.165) is 12.8 Å². The van der Waals surface area contributed by atoms with Crippen LogP contribution in [0.2, 0.25) is 5.02 Å². The fourth-order valence-electron chi connectivity index (χ4n) is 4.14. The van der Waals surface area contributed by atoms with Crippen LogP contribution in [0.15, 0.2) is 24.3 Å². The Morgan fingerprint density at radius 1 is 1.30 bits per heavy atom. The maximum Gasteiger partial charge on any atom is 0.310 e. The predicted molar refractivity (Wildman–Crippen MR) is 73.2 cm³/mol. The van der Waals surface area contributed by atoms with Crippen LogP contribution in [-0.2, 0) is 14.3 Å². The molecular formula is C15H14ClNO3. The Balaban J connectivity index is 1.58. The zero-order chi connectivity index (χ0) is 13.9. The van der Waals surface area contributed by atoms with Crippen LogP contribution >= 0.6 is 11.6 Å². The van der Waals surface area contributed by atoms with Gasteiger partial charge in [-0.1, -0.05) is 23.7 Å². The van der Waals surface area contributed by atoms with Crippen LogP contribution in [0, 0.1) is 23.7 Å². The summed E-state index contributed by atoms with van der Waals surface area (Å²) in [5, 5.41) is 3.37. The molecule has 1 heterocycles. The number of halogens is 1. The highest BCUT2D eigenvalue weighted by Crippen LogP contribution is 2.57. The Kier molecular flexibility index (Phi) is 2.58. The monoisotopic (exact) mass is 291 g/mol. The van der Waals surface area contributed by atoms with Crippen LogP contribution in [0.25, 0.3) is 0 Å². The van der Waals surface area contributed by atoms with Crippen LogP contribution in [0.1, 0.15) is 12.8 Å². The number of amides is 1. The zero-order valence-corrected chi connectivity index (χ0v) is 11.5. The van der Waals surface area contributed by atoms with Gasteiger partial charge in [0, 0.05) is 5.92 Å². The lowest BCUT2D eigenvalue weighted by atomic mass is 9.79. The van der Waals surface area contributed by atoms with Crippen molar-refractivity contribution in [3.8, 4) is 0 Å². The van der Waals surface area contributed by atoms with Crippen LogP contribution in [0.5, 0.6) is 0 Å². The molecule has 0 radical (unpaired) electrons. The highest BCUT2D eigenvalue weighted by molar-refractivity contribution is 6.33. The van der Waals surface area contributed by atoms with E-state index in [1.54, 1.807) is 12.1 Å². The fourth-order valence-corrected chi connectivity index (χ4v) is 4.32. The van der Waals surface area contributed by atoms with Crippen molar-refractivity contribution < 1.29 is 14.3 Å². The van der Waals surface area contributed by atoms with Gasteiger partial charge < -0.3 is 10.1 Å². The van der Waals surface area contributed by atoms with E-state index in [9.17, 15) is 9.59 Å². The van der Waals surface area contributed by atoms with Gasteiger partial charge in [-0.2, -0.15) is 0 Å². The number of benzene rings is 1. The van der Waals surface area contributed by atoms with Crippen molar-refractivity contribution in [2.24, 2.45) is 23.7 Å². The molecule has 5 heteroatoms. The highest BCUT2D eigenvalue weighted by Gasteiger charge is 2.63. The van der Waals surface area contributed by atoms with Gasteiger partial charge in [0.05, 0.1) is 22.5 Å². The van der Waals surface area contributed by atoms with Gasteiger partial charge in [-0.05, 0) is 30.9 Å². The number of esters is 1. The lowest BCUT2D eigenvalue weighted by Gasteiger charge is -2.23. The SMILES string of the molecule is O=C(Nc1ccccc1Cl)[C@@H]1[C@@H]2C[C@H]3[C@@H]1C(=O)O[C@@H]3C2. The summed E-state index contributed by atoms with van der Waals surface area (Å²) in [6.07, 6.45) is 1.82. The zero-order valence-electron chi connectivity index (χ0n) is 10.7. The number of hydrogen-bond acceptors (Lipinski definition) is 3. The molecule has 1 N–H and O–H groups in total. The van der Waals surface area contributed by atoms with E-state index in [1.807, 2.05) is 12.1 Å². The molecule has 1 aromatic carbocycles. The minimum Gasteiger partial charge on any atom is -0.462 e. The van der Waals surface area contributed by atoms with Gasteiger partial charge >= 0.3 is 5.97 Å². The number of ether oxygens (including phenoxy) is 1. The number of nitrogens with one attached hydrogen (secondary N) is 1. The summed E-state index contributed by atoms with van der Waals surface area (Å²) in [4.78, 5) is 24.4. The minimum absolute atomic E-state index is 0.0573. The van der Waals surface area contributed by atoms with Gasteiger partial charge in [-0.15, -0.1) is 0 Å². The van der Waals surface area contributed by atoms with Gasteiger partial charge in [0.15, 0.2) is 0 Å². The molecule has 3 fully saturated rings. The topological polar surface area (TPSA) is 55.4 Å². The summed E-state index contributed by atoms with van der Waals surface area (Å²) in [5.74, 6) is -0.297. The molecule has 1 saturated heterocycles. The van der Waals surface area contributed by atoms with Crippen molar-refractivity contribution in [2.75, 3.05) is 5.32 Å². The van der Waals surface area contributed by atoms with Crippen LogP contribution < -0.4 is 5.32 Å². The van der Waals surface area contributed by atoms with Crippen molar-refractivity contribution in [1.82, 2.24) is 0 Å². The number of fused-ring (bicyclic) bond motifs is 1. The normalized spacial score (nSPS) is 37.0. The van der Waals surface area contributed by atoms with Gasteiger partial charge in [0.1, 0.15) is 6.10 Å². The molecule has 0 unspecified atom stereocenters. The lowest BCUT2D eigenvalue weighted by Crippen LogP contribution is -2.35. The third-order valence-electron chi connectivity index (χ3n) is 4.92. The number of carbonyl (C=O) groups is 2. The predicted octanol–water partition coefficient (Wildman–Crippen LogP) is 2.48. The van der Waals surface area contributed by atoms with E-state index in [2.05, 4.69) is 5.32 Å². The number of hydrogen-bond donors (Lipinski definition) is 1. The molecule has 4 rings (SSSR count). The molecule has 2 saturated carbocycles. The summed E-state index contributed by atoms with van der Waals surface area (Å²) in [7, 11) is 0. The largest absolute Gasteiger partial charge is 0.462 e. The smallest absolute Gasteiger partial charge is 0.310 e. The average Bonchev–Trinajstić information content (AvgIpc) is 3.02. The summed E-state index contributed by atoms with van der Waals surface area (Å²) < 4.78 is 5.35. The van der Waals surface area contributed by atoms with Crippen molar-refractivity contribution >= 4 is 29.2 Å². The molecule has 0 aromatic heterocycles. The number of carbonyl (C=O) groups excluding carboxylic acids is 2. The third kappa shape index (κ3) is 1.61. The molecule has 1 aliphatic heterocycles. The fraction of sp³-hybridized carbons (Fsp3) is 0.467. The van der Waals surface area contributed by atoms with Crippen molar-refractivity contribution in [1.29, 1.82) is 0 Å². The van der Waals surface area contributed by atoms with Crippen LogP contribution in [0.4, 0.5) is 5.69 Å². The quantitative estimate of drug-likeness (QED) is 0.852. The summed E-state index contributed by atoms with van der Waals surface area (Å²) in [6.45, 7) is 0. The van der Waals surface area contributed by atoms with E-state index in [-0.39, 0.29) is 41.7 Å². The Morgan fingerprint density at radius 3 is 2.90 bits per heavy atom. The Bertz CT molecular complexity index is 601. The van der Waals surface area contributed by atoms with E-state index >= 15 is 0 Å². The first-order valence-electron chi connectivity index (χ1n) is 6.91. The molecule has 4 nitrogen and oxygen atoms in total. The molecule has 5 atom stereocenters. The molecule has 20 heavy (non-hydrogen) atoms. The number of para-hydroxylation sites is 1. The van der Waals surface area contributed by atoms with Gasteiger partial charge in [-0.3, -0.25) is 9.59 Å². The molecule has 2 bridgehead atoms. The average molecular weight is 292 g/mol. The molecule has 1 amide bonds. The highest BCUT2D eigenvalue weighted by atomic mass is 35.5. The summed E-state index contributed by atoms with van der Waals surface area (Å²) in [6, 6.07) is 7.14. The molecule has 3 aliphatic rings. The first-order chi connectivity index (χ1) is 9.65. The molecule has 0 spiro atoms. The summed E-state index contributed by atoms with van der Waals surface area (Å²) >= 11 is 6.05. The van der Waals surface area contributed by atoms with E-state index in [0.29, 0.717) is 10.7 Å². The maximum atomic E-state index is 12.5. The molecule has 1 aromatic rings. The van der Waals surface area contributed by atoms with Crippen molar-refractivity contribution in [3.05, 3.63) is 29.3 Å². The maximum absolute atomic E-state index is 12.5. The van der Waals surface area contributed by atoms with E-state index in [1.165, 1.54) is 0 Å². The second kappa shape index (κ2) is 4.22. The first kappa shape index (κ1) is 12.2. The number of anilines is 1. The van der Waals surface area contributed by atoms with Gasteiger partial charge in [-0.25, -0.2) is 0 Å². The molecule has 2 aliphatic carbocycles. The first-order valence-corrected chi connectivity index (χ1v) is 7.29. The van der Waals surface area contributed by atoms with Crippen LogP contribution in [0.3, 0.4) is 0 Å². The standard InChI is InChI=1S/C15H14ClNO3/c16-9-3-1-2-4-10(9)17-14(18)12-7-5-8-11(6-7)20-15(19)13(8)12/h1-4,7-8,11-13H,5-6H2,(H,17,18)/t7-,8-,11-,12-,13+/m1/s1. The third-order valence-corrected chi connectivity index (χ3v) is 5.25. The van der Waals surface area contributed by atoms with E-state index < -0.39 is 0 Å².